The molecule has 230 valence electrons. The van der Waals surface area contributed by atoms with Gasteiger partial charge in [0, 0.05) is 24.3 Å². The van der Waals surface area contributed by atoms with Crippen LogP contribution in [0.4, 0.5) is 0 Å². The van der Waals surface area contributed by atoms with Crippen LogP contribution in [-0.4, -0.2) is 21.5 Å². The topological polar surface area (TPSA) is 59.9 Å². The molecule has 2 aromatic heterocycles. The molecular weight excluding hydrogens is 512 g/mol. The average molecular weight is 575 g/mol. The number of carbonyl (C=O) groups excluding carboxylic acids is 2. The van der Waals surface area contributed by atoms with E-state index in [1.807, 2.05) is 63.8 Å². The number of pyridine rings is 2. The third kappa shape index (κ3) is 45.4. The molecule has 4 nitrogen and oxygen atoms in total. The molecule has 0 aliphatic heterocycles. The number of aryl methyl sites for hydroxylation is 4. The van der Waals surface area contributed by atoms with Crippen molar-refractivity contribution < 1.29 is 9.59 Å². The first kappa shape index (κ1) is 47.3. The zero-order valence-corrected chi connectivity index (χ0v) is 29.5. The van der Waals surface area contributed by atoms with Gasteiger partial charge in [-0.25, -0.2) is 0 Å². The molecule has 0 unspecified atom stereocenters. The highest BCUT2D eigenvalue weighted by Gasteiger charge is 1.94. The van der Waals surface area contributed by atoms with E-state index in [0.29, 0.717) is 0 Å². The van der Waals surface area contributed by atoms with Gasteiger partial charge in [0.15, 0.2) is 5.78 Å². The van der Waals surface area contributed by atoms with Crippen molar-refractivity contribution in [3.63, 3.8) is 0 Å². The first-order valence-electron chi connectivity index (χ1n) is 14.4. The Kier molecular flexibility index (Phi) is 43.1. The lowest BCUT2D eigenvalue weighted by Crippen LogP contribution is -1.88. The normalized spacial score (nSPS) is 8.82. The van der Waals surface area contributed by atoms with Crippen LogP contribution in [0.2, 0.25) is 0 Å². The van der Waals surface area contributed by atoms with Crippen molar-refractivity contribution in [2.45, 2.75) is 130 Å². The van der Waals surface area contributed by atoms with E-state index in [0.717, 1.165) is 16.2 Å². The molecule has 0 N–H and O–H groups in total. The summed E-state index contributed by atoms with van der Waals surface area (Å²) in [4.78, 5) is 29.1. The lowest BCUT2D eigenvalue weighted by molar-refractivity contribution is -0.115. The Hall–Kier alpha value is -2.53. The third-order valence-electron chi connectivity index (χ3n) is 4.56. The lowest BCUT2D eigenvalue weighted by atomic mass is 10.2. The van der Waals surface area contributed by atoms with Gasteiger partial charge in [-0.2, -0.15) is 0 Å². The van der Waals surface area contributed by atoms with Crippen LogP contribution in [0.5, 0.6) is 0 Å². The fraction of sp³-hybridized carbons (Fsp3) is 0.543. The number of Topliss-reactive ketones (excluding diaryl/α,β-unsaturated/α-hetero) is 2. The van der Waals surface area contributed by atoms with E-state index in [1.54, 1.807) is 13.8 Å². The summed E-state index contributed by atoms with van der Waals surface area (Å²) in [6, 6.07) is 6.01. The van der Waals surface area contributed by atoms with Crippen LogP contribution in [0.15, 0.2) is 59.3 Å². The zero-order valence-electron chi connectivity index (χ0n) is 28.7. The van der Waals surface area contributed by atoms with Crippen molar-refractivity contribution in [3.05, 3.63) is 81.6 Å². The Balaban J connectivity index is -0.000000126. The van der Waals surface area contributed by atoms with Crippen molar-refractivity contribution in [2.75, 3.05) is 0 Å². The highest BCUT2D eigenvalue weighted by molar-refractivity contribution is 8.05. The van der Waals surface area contributed by atoms with E-state index < -0.39 is 0 Å². The van der Waals surface area contributed by atoms with Gasteiger partial charge in [0.05, 0.1) is 0 Å². The van der Waals surface area contributed by atoms with Crippen molar-refractivity contribution >= 4 is 23.3 Å². The predicted molar refractivity (Wildman–Crippen MR) is 183 cm³/mol. The Morgan fingerprint density at radius 2 is 1.23 bits per heavy atom. The van der Waals surface area contributed by atoms with Gasteiger partial charge in [-0.05, 0) is 107 Å². The monoisotopic (exact) mass is 574 g/mol. The molecule has 0 spiro atoms. The van der Waals surface area contributed by atoms with Gasteiger partial charge < -0.3 is 4.79 Å². The van der Waals surface area contributed by atoms with E-state index >= 15 is 0 Å². The number of nitrogens with zero attached hydrogens (tertiary/aromatic N) is 2. The first-order valence-corrected chi connectivity index (χ1v) is 15.3. The minimum atomic E-state index is 0.119. The van der Waals surface area contributed by atoms with Crippen LogP contribution < -0.4 is 0 Å². The van der Waals surface area contributed by atoms with Crippen LogP contribution >= 0.6 is 11.8 Å². The summed E-state index contributed by atoms with van der Waals surface area (Å²) < 4.78 is 0. The van der Waals surface area contributed by atoms with Crippen molar-refractivity contribution in [1.29, 1.82) is 0 Å². The molecule has 40 heavy (non-hydrogen) atoms. The molecule has 5 heteroatoms. The molecule has 2 aromatic rings. The summed E-state index contributed by atoms with van der Waals surface area (Å²) in [5.74, 6) is 0.286. The van der Waals surface area contributed by atoms with Gasteiger partial charge in [0.1, 0.15) is 5.78 Å². The lowest BCUT2D eigenvalue weighted by Gasteiger charge is -1.93. The van der Waals surface area contributed by atoms with Gasteiger partial charge in [0.2, 0.25) is 0 Å². The van der Waals surface area contributed by atoms with Crippen LogP contribution in [0.25, 0.3) is 0 Å². The maximum absolute atomic E-state index is 10.6. The molecule has 2 heterocycles. The quantitative estimate of drug-likeness (QED) is 0.332. The van der Waals surface area contributed by atoms with Crippen molar-refractivity contribution in [1.82, 2.24) is 9.97 Å². The predicted octanol–water partition coefficient (Wildman–Crippen LogP) is 11.4. The summed E-state index contributed by atoms with van der Waals surface area (Å²) in [6.07, 6.45) is 10.8. The summed E-state index contributed by atoms with van der Waals surface area (Å²) in [5.41, 5.74) is 5.72. The number of rotatable bonds is 5. The van der Waals surface area contributed by atoms with Gasteiger partial charge >= 0.3 is 0 Å². The van der Waals surface area contributed by atoms with Gasteiger partial charge in [-0.3, -0.25) is 14.8 Å². The Morgan fingerprint density at radius 3 is 1.45 bits per heavy atom. The van der Waals surface area contributed by atoms with E-state index in [9.17, 15) is 9.59 Å². The molecular formula is C35H62N2O2S. The molecule has 0 radical (unpaired) electrons. The second-order valence-electron chi connectivity index (χ2n) is 8.95. The third-order valence-corrected chi connectivity index (χ3v) is 5.44. The van der Waals surface area contributed by atoms with E-state index in [1.165, 1.54) is 68.0 Å². The first-order chi connectivity index (χ1) is 18.7. The second-order valence-corrected chi connectivity index (χ2v) is 10.1. The number of allylic oxidation sites excluding steroid dienone is 2. The minimum Gasteiger partial charge on any atom is -0.300 e. The highest BCUT2D eigenvalue weighted by atomic mass is 32.2. The largest absolute Gasteiger partial charge is 0.300 e. The van der Waals surface area contributed by atoms with Crippen LogP contribution in [0.3, 0.4) is 0 Å². The number of unbranched alkanes of at least 4 members (excludes halogenated alkanes) is 2. The molecule has 0 saturated carbocycles. The van der Waals surface area contributed by atoms with Crippen LogP contribution in [0, 0.1) is 27.7 Å². The Morgan fingerprint density at radius 1 is 0.775 bits per heavy atom. The second kappa shape index (κ2) is 36.5. The van der Waals surface area contributed by atoms with Crippen LogP contribution in [-0.2, 0) is 9.59 Å². The molecule has 0 atom stereocenters. The maximum Gasteiger partial charge on any atom is 0.156 e. The van der Waals surface area contributed by atoms with Gasteiger partial charge in [0.25, 0.3) is 0 Å². The van der Waals surface area contributed by atoms with Crippen molar-refractivity contribution in [3.8, 4) is 0 Å². The average Bonchev–Trinajstić information content (AvgIpc) is 2.92. The van der Waals surface area contributed by atoms with E-state index in [-0.39, 0.29) is 11.6 Å². The summed E-state index contributed by atoms with van der Waals surface area (Å²) in [5, 5.41) is 1.82. The molecule has 2 rings (SSSR count). The molecule has 0 aliphatic rings. The molecule has 0 saturated heterocycles. The molecule has 0 aromatic carbocycles. The molecule has 0 bridgehead atoms. The molecule has 0 aliphatic carbocycles. The smallest absolute Gasteiger partial charge is 0.156 e. The zero-order chi connectivity index (χ0) is 32.5. The SMILES string of the molecule is C=C(C)S/C=C(\C)C(C)=O.CC.CC(C)=O.CCCC.CCCC.Cc1cccnc1C.Cc1ccncc1C. The fourth-order valence-corrected chi connectivity index (χ4v) is 1.92. The Bertz CT molecular complexity index is 808. The summed E-state index contributed by atoms with van der Waals surface area (Å²) in [6.45, 7) is 33.0. The summed E-state index contributed by atoms with van der Waals surface area (Å²) >= 11 is 1.49. The fourth-order valence-electron chi connectivity index (χ4n) is 1.38. The number of thioether (sulfide) groups is 1. The van der Waals surface area contributed by atoms with Crippen molar-refractivity contribution in [2.24, 2.45) is 0 Å². The standard InChI is InChI=1S/C8H12OS.2C7H9N.2C4H10.C3H6O.C2H6/c1-6(2)10-5-7(3)8(4)9;1-6-3-4-8-5-7(6)2;1-6-4-3-5-8-7(6)2;2*1-3-4-2;1-3(2)4;1-2/h5H,1H2,2-4H3;2*3-5H,1-2H3;2*3-4H2,1-2H3;1-2H3;1-2H3/b7-5+;;;;;;. The Labute approximate surface area is 253 Å². The van der Waals surface area contributed by atoms with E-state index in [4.69, 9.17) is 0 Å². The minimum absolute atomic E-state index is 0.119. The number of ketones is 2. The molecule has 0 fully saturated rings. The number of hydrogen-bond donors (Lipinski definition) is 0. The molecule has 0 amide bonds. The van der Waals surface area contributed by atoms with Crippen LogP contribution in [0.1, 0.15) is 124 Å². The number of hydrogen-bond acceptors (Lipinski definition) is 5. The number of carbonyl (C=O) groups is 2. The van der Waals surface area contributed by atoms with E-state index in [2.05, 4.69) is 71.1 Å². The number of aromatic nitrogens is 2. The summed E-state index contributed by atoms with van der Waals surface area (Å²) in [7, 11) is 0. The highest BCUT2D eigenvalue weighted by Crippen LogP contribution is 2.15. The maximum atomic E-state index is 10.6. The van der Waals surface area contributed by atoms with Gasteiger partial charge in [-0.15, -0.1) is 11.8 Å². The van der Waals surface area contributed by atoms with Gasteiger partial charge in [-0.1, -0.05) is 79.9 Å².